The van der Waals surface area contributed by atoms with Crippen LogP contribution in [0.3, 0.4) is 0 Å². The van der Waals surface area contributed by atoms with Gasteiger partial charge in [-0.15, -0.1) is 11.3 Å². The minimum atomic E-state index is -0.652. The van der Waals surface area contributed by atoms with E-state index < -0.39 is 11.6 Å². The highest BCUT2D eigenvalue weighted by atomic mass is 32.1. The zero-order valence-corrected chi connectivity index (χ0v) is 11.8. The molecule has 6 heteroatoms. The maximum atomic E-state index is 13.3. The SMILES string of the molecule is Nc1nc(-c2cc(F)cc(F)c2)nc2sc3c(c12)CCC3. The molecule has 2 heterocycles. The van der Waals surface area contributed by atoms with Crippen LogP contribution in [-0.2, 0) is 12.8 Å². The Labute approximate surface area is 123 Å². The molecule has 106 valence electrons. The van der Waals surface area contributed by atoms with Crippen LogP contribution in [0.5, 0.6) is 0 Å². The molecule has 3 nitrogen and oxygen atoms in total. The van der Waals surface area contributed by atoms with Crippen LogP contribution in [0.15, 0.2) is 18.2 Å². The number of aromatic nitrogens is 2. The Hall–Kier alpha value is -2.08. The Kier molecular flexibility index (Phi) is 2.68. The lowest BCUT2D eigenvalue weighted by Crippen LogP contribution is -1.98. The van der Waals surface area contributed by atoms with Crippen LogP contribution in [-0.4, -0.2) is 9.97 Å². The summed E-state index contributed by atoms with van der Waals surface area (Å²) in [5.41, 5.74) is 7.60. The highest BCUT2D eigenvalue weighted by Crippen LogP contribution is 2.39. The first kappa shape index (κ1) is 12.6. The zero-order chi connectivity index (χ0) is 14.6. The van der Waals surface area contributed by atoms with Crippen LogP contribution >= 0.6 is 11.3 Å². The zero-order valence-electron chi connectivity index (χ0n) is 11.0. The van der Waals surface area contributed by atoms with Gasteiger partial charge in [0.15, 0.2) is 5.82 Å². The van der Waals surface area contributed by atoms with E-state index >= 15 is 0 Å². The second-order valence-corrected chi connectivity index (χ2v) is 6.21. The quantitative estimate of drug-likeness (QED) is 0.745. The van der Waals surface area contributed by atoms with Crippen molar-refractivity contribution in [2.45, 2.75) is 19.3 Å². The van der Waals surface area contributed by atoms with Gasteiger partial charge in [-0.2, -0.15) is 0 Å². The Morgan fingerprint density at radius 1 is 1.05 bits per heavy atom. The molecular formula is C15H11F2N3S. The van der Waals surface area contributed by atoms with Crippen LogP contribution in [0.1, 0.15) is 16.9 Å². The average Bonchev–Trinajstić information content (AvgIpc) is 2.96. The Bertz CT molecular complexity index is 853. The average molecular weight is 303 g/mol. The highest BCUT2D eigenvalue weighted by molar-refractivity contribution is 7.19. The fourth-order valence-electron chi connectivity index (χ4n) is 2.84. The van der Waals surface area contributed by atoms with Crippen molar-refractivity contribution < 1.29 is 8.78 Å². The molecule has 0 unspecified atom stereocenters. The predicted octanol–water partition coefficient (Wildman–Crippen LogP) is 3.71. The van der Waals surface area contributed by atoms with Crippen molar-refractivity contribution >= 4 is 27.4 Å². The maximum absolute atomic E-state index is 13.3. The van der Waals surface area contributed by atoms with Crippen molar-refractivity contribution in [3.8, 4) is 11.4 Å². The molecule has 1 aromatic carbocycles. The fourth-order valence-corrected chi connectivity index (χ4v) is 4.11. The topological polar surface area (TPSA) is 51.8 Å². The van der Waals surface area contributed by atoms with Gasteiger partial charge in [0.05, 0.1) is 5.39 Å². The summed E-state index contributed by atoms with van der Waals surface area (Å²) in [6.45, 7) is 0. The molecule has 1 aliphatic carbocycles. The van der Waals surface area contributed by atoms with Crippen LogP contribution in [0.2, 0.25) is 0 Å². The predicted molar refractivity (Wildman–Crippen MR) is 79.2 cm³/mol. The molecule has 0 saturated heterocycles. The molecule has 3 aromatic rings. The van der Waals surface area contributed by atoms with Crippen molar-refractivity contribution in [2.75, 3.05) is 5.73 Å². The van der Waals surface area contributed by atoms with E-state index in [0.29, 0.717) is 11.4 Å². The van der Waals surface area contributed by atoms with Crippen LogP contribution in [0, 0.1) is 11.6 Å². The fraction of sp³-hybridized carbons (Fsp3) is 0.200. The van der Waals surface area contributed by atoms with E-state index in [4.69, 9.17) is 5.73 Å². The van der Waals surface area contributed by atoms with Gasteiger partial charge >= 0.3 is 0 Å². The summed E-state index contributed by atoms with van der Waals surface area (Å²) in [6, 6.07) is 3.25. The maximum Gasteiger partial charge on any atom is 0.163 e. The first-order chi connectivity index (χ1) is 10.1. The van der Waals surface area contributed by atoms with Gasteiger partial charge in [-0.05, 0) is 37.0 Å². The number of aryl methyl sites for hydroxylation is 2. The Balaban J connectivity index is 1.94. The molecule has 0 amide bonds. The van der Waals surface area contributed by atoms with Crippen LogP contribution in [0.4, 0.5) is 14.6 Å². The summed E-state index contributed by atoms with van der Waals surface area (Å²) in [4.78, 5) is 10.8. The Morgan fingerprint density at radius 3 is 2.57 bits per heavy atom. The number of benzene rings is 1. The number of hydrogen-bond acceptors (Lipinski definition) is 4. The molecule has 2 aromatic heterocycles. The van der Waals surface area contributed by atoms with E-state index in [2.05, 4.69) is 9.97 Å². The van der Waals surface area contributed by atoms with Crippen molar-refractivity contribution in [2.24, 2.45) is 0 Å². The van der Waals surface area contributed by atoms with Gasteiger partial charge < -0.3 is 5.73 Å². The minimum absolute atomic E-state index is 0.262. The summed E-state index contributed by atoms with van der Waals surface area (Å²) in [7, 11) is 0. The largest absolute Gasteiger partial charge is 0.383 e. The van der Waals surface area contributed by atoms with Crippen molar-refractivity contribution in [1.29, 1.82) is 0 Å². The summed E-state index contributed by atoms with van der Waals surface area (Å²) < 4.78 is 26.7. The van der Waals surface area contributed by atoms with Gasteiger partial charge in [-0.3, -0.25) is 0 Å². The van der Waals surface area contributed by atoms with Gasteiger partial charge in [-0.1, -0.05) is 0 Å². The number of hydrogen-bond donors (Lipinski definition) is 1. The van der Waals surface area contributed by atoms with Crippen molar-refractivity contribution in [3.63, 3.8) is 0 Å². The molecule has 0 fully saturated rings. The van der Waals surface area contributed by atoms with E-state index in [1.54, 1.807) is 11.3 Å². The lowest BCUT2D eigenvalue weighted by atomic mass is 10.1. The summed E-state index contributed by atoms with van der Waals surface area (Å²) >= 11 is 1.60. The van der Waals surface area contributed by atoms with E-state index in [-0.39, 0.29) is 5.82 Å². The number of halogens is 2. The first-order valence-corrected chi connectivity index (χ1v) is 7.47. The third kappa shape index (κ3) is 1.98. The van der Waals surface area contributed by atoms with E-state index in [9.17, 15) is 8.78 Å². The van der Waals surface area contributed by atoms with Gasteiger partial charge in [0.2, 0.25) is 0 Å². The van der Waals surface area contributed by atoms with Crippen molar-refractivity contribution in [1.82, 2.24) is 9.97 Å². The molecule has 0 atom stereocenters. The number of nitrogen functional groups attached to an aromatic ring is 1. The number of rotatable bonds is 1. The van der Waals surface area contributed by atoms with Crippen LogP contribution in [0.25, 0.3) is 21.6 Å². The molecule has 0 aliphatic heterocycles. The van der Waals surface area contributed by atoms with E-state index in [1.807, 2.05) is 0 Å². The van der Waals surface area contributed by atoms with Gasteiger partial charge in [-0.25, -0.2) is 18.7 Å². The first-order valence-electron chi connectivity index (χ1n) is 6.66. The van der Waals surface area contributed by atoms with E-state index in [1.165, 1.54) is 22.6 Å². The lowest BCUT2D eigenvalue weighted by Gasteiger charge is -2.04. The standard InChI is InChI=1S/C15H11F2N3S/c16-8-4-7(5-9(17)6-8)14-19-13(18)12-10-2-1-3-11(10)21-15(12)20-14/h4-6H,1-3H2,(H2,18,19,20). The third-order valence-electron chi connectivity index (χ3n) is 3.71. The van der Waals surface area contributed by atoms with Gasteiger partial charge in [0.25, 0.3) is 0 Å². The molecule has 1 aliphatic rings. The molecule has 0 spiro atoms. The molecule has 0 saturated carbocycles. The molecule has 21 heavy (non-hydrogen) atoms. The van der Waals surface area contributed by atoms with Gasteiger partial charge in [0.1, 0.15) is 22.3 Å². The number of thiophene rings is 1. The van der Waals surface area contributed by atoms with Crippen LogP contribution < -0.4 is 5.73 Å². The number of anilines is 1. The normalized spacial score (nSPS) is 13.8. The second kappa shape index (κ2) is 4.46. The summed E-state index contributed by atoms with van der Waals surface area (Å²) in [5, 5.41) is 0.910. The number of fused-ring (bicyclic) bond motifs is 3. The molecular weight excluding hydrogens is 292 g/mol. The summed E-state index contributed by atoms with van der Waals surface area (Å²) in [6.07, 6.45) is 3.17. The highest BCUT2D eigenvalue weighted by Gasteiger charge is 2.21. The molecule has 0 radical (unpaired) electrons. The smallest absolute Gasteiger partial charge is 0.163 e. The van der Waals surface area contributed by atoms with E-state index in [0.717, 1.165) is 35.5 Å². The number of nitrogens with two attached hydrogens (primary N) is 1. The third-order valence-corrected chi connectivity index (χ3v) is 4.90. The minimum Gasteiger partial charge on any atom is -0.383 e. The molecule has 4 rings (SSSR count). The Morgan fingerprint density at radius 2 is 1.81 bits per heavy atom. The van der Waals surface area contributed by atoms with Crippen molar-refractivity contribution in [3.05, 3.63) is 40.3 Å². The molecule has 2 N–H and O–H groups in total. The number of nitrogens with zero attached hydrogens (tertiary/aromatic N) is 2. The lowest BCUT2D eigenvalue weighted by molar-refractivity contribution is 0.584. The second-order valence-electron chi connectivity index (χ2n) is 5.13. The molecule has 0 bridgehead atoms. The van der Waals surface area contributed by atoms with Gasteiger partial charge in [0, 0.05) is 16.5 Å². The monoisotopic (exact) mass is 303 g/mol. The summed E-state index contributed by atoms with van der Waals surface area (Å²) in [5.74, 6) is -0.653.